The van der Waals surface area contributed by atoms with E-state index in [-0.39, 0.29) is 23.9 Å². The molecule has 17 heavy (non-hydrogen) atoms. The largest absolute Gasteiger partial charge is 0.329 e. The molecule has 92 valence electrons. The minimum atomic E-state index is -0.291. The molecule has 0 aromatic heterocycles. The number of hydrogen-bond acceptors (Lipinski definition) is 2. The van der Waals surface area contributed by atoms with Crippen LogP contribution in [0.15, 0.2) is 24.3 Å². The lowest BCUT2D eigenvalue weighted by Gasteiger charge is -2.17. The number of amides is 2. The maximum atomic E-state index is 13.6. The summed E-state index contributed by atoms with van der Waals surface area (Å²) in [7, 11) is 0. The third kappa shape index (κ3) is 2.55. The van der Waals surface area contributed by atoms with Crippen molar-refractivity contribution in [1.82, 2.24) is 10.2 Å². The summed E-state index contributed by atoms with van der Waals surface area (Å²) in [6.45, 7) is 2.78. The van der Waals surface area contributed by atoms with Gasteiger partial charge in [-0.2, -0.15) is 0 Å². The van der Waals surface area contributed by atoms with Gasteiger partial charge in [0.15, 0.2) is 0 Å². The minimum absolute atomic E-state index is 0.0832. The van der Waals surface area contributed by atoms with Crippen LogP contribution in [0.3, 0.4) is 0 Å². The Labute approximate surface area is 99.6 Å². The summed E-state index contributed by atoms with van der Waals surface area (Å²) >= 11 is 0. The molecule has 0 radical (unpaired) electrons. The summed E-state index contributed by atoms with van der Waals surface area (Å²) in [5, 5.41) is 2.76. The van der Waals surface area contributed by atoms with Crippen LogP contribution in [-0.2, 0) is 0 Å². The Morgan fingerprint density at radius 2 is 2.29 bits per heavy atom. The van der Waals surface area contributed by atoms with Crippen molar-refractivity contribution in [3.63, 3.8) is 0 Å². The summed E-state index contributed by atoms with van der Waals surface area (Å²) in [5.41, 5.74) is 6.17. The monoisotopic (exact) mass is 237 g/mol. The predicted molar refractivity (Wildman–Crippen MR) is 62.9 cm³/mol. The molecule has 1 heterocycles. The smallest absolute Gasteiger partial charge is 0.318 e. The number of nitrogens with zero attached hydrogens (tertiary/aromatic N) is 1. The zero-order valence-electron chi connectivity index (χ0n) is 9.69. The topological polar surface area (TPSA) is 58.4 Å². The lowest BCUT2D eigenvalue weighted by Crippen LogP contribution is -2.37. The van der Waals surface area contributed by atoms with E-state index in [1.165, 1.54) is 6.07 Å². The Bertz CT molecular complexity index is 422. The number of nitrogens with two attached hydrogens (primary N) is 1. The molecule has 1 aromatic carbocycles. The lowest BCUT2D eigenvalue weighted by molar-refractivity contribution is 0.215. The van der Waals surface area contributed by atoms with Crippen molar-refractivity contribution in [1.29, 1.82) is 0 Å². The molecule has 1 aliphatic heterocycles. The number of carbonyl (C=O) groups excluding carboxylic acids is 1. The van der Waals surface area contributed by atoms with Crippen LogP contribution in [0.2, 0.25) is 0 Å². The van der Waals surface area contributed by atoms with Gasteiger partial charge in [-0.3, -0.25) is 0 Å². The summed E-state index contributed by atoms with van der Waals surface area (Å²) < 4.78 is 13.6. The molecule has 1 saturated heterocycles. The van der Waals surface area contributed by atoms with E-state index in [1.807, 2.05) is 6.92 Å². The summed E-state index contributed by atoms with van der Waals surface area (Å²) in [6, 6.07) is 5.93. The molecule has 2 unspecified atom stereocenters. The van der Waals surface area contributed by atoms with Crippen LogP contribution in [0, 0.1) is 5.82 Å². The van der Waals surface area contributed by atoms with E-state index in [2.05, 4.69) is 5.32 Å². The Morgan fingerprint density at radius 1 is 1.59 bits per heavy atom. The molecule has 5 heteroatoms. The zero-order chi connectivity index (χ0) is 12.4. The molecule has 0 saturated carbocycles. The van der Waals surface area contributed by atoms with Crippen LogP contribution >= 0.6 is 0 Å². The fraction of sp³-hybridized carbons (Fsp3) is 0.417. The second kappa shape index (κ2) is 4.71. The van der Waals surface area contributed by atoms with Crippen molar-refractivity contribution in [2.24, 2.45) is 5.73 Å². The van der Waals surface area contributed by atoms with Crippen molar-refractivity contribution in [3.05, 3.63) is 35.6 Å². The molecular formula is C12H16FN3O. The van der Waals surface area contributed by atoms with Gasteiger partial charge in [-0.25, -0.2) is 9.18 Å². The Morgan fingerprint density at radius 3 is 2.94 bits per heavy atom. The number of urea groups is 1. The van der Waals surface area contributed by atoms with Gasteiger partial charge in [0.1, 0.15) is 5.82 Å². The maximum Gasteiger partial charge on any atom is 0.318 e. The van der Waals surface area contributed by atoms with Crippen LogP contribution in [-0.4, -0.2) is 30.1 Å². The normalized spacial score (nSPS) is 21.5. The highest BCUT2D eigenvalue weighted by molar-refractivity contribution is 5.77. The first-order valence-electron chi connectivity index (χ1n) is 5.63. The van der Waals surface area contributed by atoms with E-state index in [9.17, 15) is 9.18 Å². The standard InChI is InChI=1S/C12H16FN3O/c1-8(14)6-16-7-11(15-12(16)17)9-4-2-3-5-10(9)13/h2-5,8,11H,6-7,14H2,1H3,(H,15,17). The third-order valence-electron chi connectivity index (χ3n) is 2.78. The van der Waals surface area contributed by atoms with E-state index in [0.717, 1.165) is 0 Å². The third-order valence-corrected chi connectivity index (χ3v) is 2.78. The van der Waals surface area contributed by atoms with E-state index in [0.29, 0.717) is 18.7 Å². The van der Waals surface area contributed by atoms with Crippen LogP contribution in [0.5, 0.6) is 0 Å². The Hall–Kier alpha value is -1.62. The number of carbonyl (C=O) groups is 1. The van der Waals surface area contributed by atoms with Crippen LogP contribution in [0.25, 0.3) is 0 Å². The SMILES string of the molecule is CC(N)CN1CC(c2ccccc2F)NC1=O. The van der Waals surface area contributed by atoms with Gasteiger partial charge in [0.05, 0.1) is 6.04 Å². The fourth-order valence-corrected chi connectivity index (χ4v) is 2.03. The van der Waals surface area contributed by atoms with Gasteiger partial charge in [0.2, 0.25) is 0 Å². The molecule has 2 amide bonds. The molecule has 4 nitrogen and oxygen atoms in total. The van der Waals surface area contributed by atoms with Crippen LogP contribution in [0.1, 0.15) is 18.5 Å². The van der Waals surface area contributed by atoms with Crippen molar-refractivity contribution in [2.45, 2.75) is 19.0 Å². The first kappa shape index (κ1) is 11.9. The average molecular weight is 237 g/mol. The minimum Gasteiger partial charge on any atom is -0.329 e. The van der Waals surface area contributed by atoms with Gasteiger partial charge in [-0.05, 0) is 13.0 Å². The summed E-state index contributed by atoms with van der Waals surface area (Å²) in [5.74, 6) is -0.291. The zero-order valence-corrected chi connectivity index (χ0v) is 9.69. The molecule has 3 N–H and O–H groups in total. The molecule has 0 aliphatic carbocycles. The first-order chi connectivity index (χ1) is 8.08. The van der Waals surface area contributed by atoms with Crippen LogP contribution in [0.4, 0.5) is 9.18 Å². The molecule has 0 spiro atoms. The number of halogens is 1. The summed E-state index contributed by atoms with van der Waals surface area (Å²) in [6.07, 6.45) is 0. The molecule has 1 aromatic rings. The quantitative estimate of drug-likeness (QED) is 0.831. The highest BCUT2D eigenvalue weighted by Crippen LogP contribution is 2.22. The number of hydrogen-bond donors (Lipinski definition) is 2. The van der Waals surface area contributed by atoms with E-state index in [1.54, 1.807) is 23.1 Å². The molecule has 2 rings (SSSR count). The number of nitrogens with one attached hydrogen (secondary N) is 1. The number of benzene rings is 1. The van der Waals surface area contributed by atoms with Gasteiger partial charge < -0.3 is 16.0 Å². The molecule has 0 bridgehead atoms. The second-order valence-corrected chi connectivity index (χ2v) is 4.41. The number of rotatable bonds is 3. The average Bonchev–Trinajstić information content (AvgIpc) is 2.60. The Balaban J connectivity index is 2.11. The van der Waals surface area contributed by atoms with Gasteiger partial charge in [-0.1, -0.05) is 18.2 Å². The second-order valence-electron chi connectivity index (χ2n) is 4.41. The molecule has 2 atom stereocenters. The maximum absolute atomic E-state index is 13.6. The van der Waals surface area contributed by atoms with Crippen molar-refractivity contribution in [3.8, 4) is 0 Å². The highest BCUT2D eigenvalue weighted by Gasteiger charge is 2.31. The molecule has 1 aliphatic rings. The van der Waals surface area contributed by atoms with E-state index in [4.69, 9.17) is 5.73 Å². The van der Waals surface area contributed by atoms with Crippen molar-refractivity contribution >= 4 is 6.03 Å². The van der Waals surface area contributed by atoms with Crippen molar-refractivity contribution in [2.75, 3.05) is 13.1 Å². The lowest BCUT2D eigenvalue weighted by atomic mass is 10.1. The highest BCUT2D eigenvalue weighted by atomic mass is 19.1. The van der Waals surface area contributed by atoms with E-state index >= 15 is 0 Å². The van der Waals surface area contributed by atoms with Crippen molar-refractivity contribution < 1.29 is 9.18 Å². The van der Waals surface area contributed by atoms with E-state index < -0.39 is 0 Å². The molecule has 1 fully saturated rings. The van der Waals surface area contributed by atoms with Gasteiger partial charge >= 0.3 is 6.03 Å². The van der Waals surface area contributed by atoms with Crippen LogP contribution < -0.4 is 11.1 Å². The predicted octanol–water partition coefficient (Wildman–Crippen LogP) is 1.24. The Kier molecular flexibility index (Phi) is 3.28. The molecular weight excluding hydrogens is 221 g/mol. The van der Waals surface area contributed by atoms with Gasteiger partial charge in [-0.15, -0.1) is 0 Å². The fourth-order valence-electron chi connectivity index (χ4n) is 2.03. The summed E-state index contributed by atoms with van der Waals surface area (Å²) in [4.78, 5) is 13.3. The first-order valence-corrected chi connectivity index (χ1v) is 5.63. The van der Waals surface area contributed by atoms with Gasteiger partial charge in [0, 0.05) is 24.7 Å². The van der Waals surface area contributed by atoms with Gasteiger partial charge in [0.25, 0.3) is 0 Å².